The van der Waals surface area contributed by atoms with Crippen molar-refractivity contribution in [2.75, 3.05) is 5.73 Å². The fourth-order valence-electron chi connectivity index (χ4n) is 1.43. The van der Waals surface area contributed by atoms with E-state index in [0.717, 1.165) is 12.0 Å². The van der Waals surface area contributed by atoms with Gasteiger partial charge in [0, 0.05) is 12.3 Å². The molecule has 2 rings (SSSR count). The van der Waals surface area contributed by atoms with Crippen LogP contribution in [-0.4, -0.2) is 9.78 Å². The van der Waals surface area contributed by atoms with Crippen molar-refractivity contribution in [3.05, 3.63) is 41.8 Å². The zero-order valence-corrected chi connectivity index (χ0v) is 8.44. The molecule has 1 aromatic carbocycles. The molecule has 0 atom stereocenters. The van der Waals surface area contributed by atoms with Crippen molar-refractivity contribution in [2.45, 2.75) is 13.3 Å². The number of nitrogen functional groups attached to an aromatic ring is 1. The molecule has 2 N–H and O–H groups in total. The molecular weight excluding hydrogens is 193 g/mol. The number of aryl methyl sites for hydroxylation is 1. The largest absolute Gasteiger partial charge is 0.382 e. The Hall–Kier alpha value is -1.84. The summed E-state index contributed by atoms with van der Waals surface area (Å²) in [6.07, 6.45) is 2.46. The Kier molecular flexibility index (Phi) is 2.41. The Labute approximate surface area is 87.3 Å². The SMILES string of the molecule is CCc1ccc(-n2ccc(N)n2)c(F)c1. The minimum absolute atomic E-state index is 0.280. The highest BCUT2D eigenvalue weighted by Crippen LogP contribution is 2.15. The summed E-state index contributed by atoms with van der Waals surface area (Å²) in [6, 6.07) is 6.75. The van der Waals surface area contributed by atoms with E-state index in [1.807, 2.05) is 13.0 Å². The Morgan fingerprint density at radius 3 is 2.73 bits per heavy atom. The first-order chi connectivity index (χ1) is 7.20. The summed E-state index contributed by atoms with van der Waals surface area (Å²) in [5.41, 5.74) is 6.86. The normalized spacial score (nSPS) is 10.5. The molecule has 0 fully saturated rings. The number of nitrogens with zero attached hydrogens (tertiary/aromatic N) is 2. The van der Waals surface area contributed by atoms with Crippen molar-refractivity contribution in [2.24, 2.45) is 0 Å². The van der Waals surface area contributed by atoms with Gasteiger partial charge < -0.3 is 5.73 Å². The van der Waals surface area contributed by atoms with Gasteiger partial charge in [-0.05, 0) is 24.1 Å². The molecule has 0 amide bonds. The summed E-state index contributed by atoms with van der Waals surface area (Å²) < 4.78 is 15.1. The number of rotatable bonds is 2. The number of nitrogens with two attached hydrogens (primary N) is 1. The highest BCUT2D eigenvalue weighted by molar-refractivity contribution is 5.38. The maximum atomic E-state index is 13.6. The van der Waals surface area contributed by atoms with Gasteiger partial charge in [-0.3, -0.25) is 0 Å². The Balaban J connectivity index is 2.45. The maximum absolute atomic E-state index is 13.6. The Morgan fingerprint density at radius 1 is 1.40 bits per heavy atom. The summed E-state index contributed by atoms with van der Waals surface area (Å²) in [5, 5.41) is 3.95. The molecule has 78 valence electrons. The van der Waals surface area contributed by atoms with Crippen LogP contribution < -0.4 is 5.73 Å². The molecule has 0 spiro atoms. The van der Waals surface area contributed by atoms with Crippen LogP contribution in [-0.2, 0) is 6.42 Å². The fraction of sp³-hybridized carbons (Fsp3) is 0.182. The minimum atomic E-state index is -0.280. The predicted octanol–water partition coefficient (Wildman–Crippen LogP) is 2.16. The van der Waals surface area contributed by atoms with Crippen LogP contribution in [0.5, 0.6) is 0 Å². The first-order valence-corrected chi connectivity index (χ1v) is 4.80. The zero-order valence-electron chi connectivity index (χ0n) is 8.44. The molecule has 0 radical (unpaired) electrons. The molecule has 0 bridgehead atoms. The van der Waals surface area contributed by atoms with Crippen molar-refractivity contribution in [1.82, 2.24) is 9.78 Å². The van der Waals surface area contributed by atoms with E-state index in [-0.39, 0.29) is 5.82 Å². The number of hydrogen-bond acceptors (Lipinski definition) is 2. The average molecular weight is 205 g/mol. The van der Waals surface area contributed by atoms with E-state index in [4.69, 9.17) is 5.73 Å². The molecule has 15 heavy (non-hydrogen) atoms. The van der Waals surface area contributed by atoms with Crippen molar-refractivity contribution < 1.29 is 4.39 Å². The summed E-state index contributed by atoms with van der Waals surface area (Å²) in [5.74, 6) is 0.103. The van der Waals surface area contributed by atoms with Crippen LogP contribution in [0.15, 0.2) is 30.5 Å². The van der Waals surface area contributed by atoms with Crippen molar-refractivity contribution >= 4 is 5.82 Å². The standard InChI is InChI=1S/C11H12FN3/c1-2-8-3-4-10(9(12)7-8)15-6-5-11(13)14-15/h3-7H,2H2,1H3,(H2,13,14). The second-order valence-corrected chi connectivity index (χ2v) is 3.32. The molecule has 4 heteroatoms. The van der Waals surface area contributed by atoms with E-state index >= 15 is 0 Å². The predicted molar refractivity (Wildman–Crippen MR) is 57.3 cm³/mol. The molecule has 2 aromatic rings. The van der Waals surface area contributed by atoms with Crippen LogP contribution in [0.25, 0.3) is 5.69 Å². The molecule has 3 nitrogen and oxygen atoms in total. The number of hydrogen-bond donors (Lipinski definition) is 1. The number of anilines is 1. The van der Waals surface area contributed by atoms with Gasteiger partial charge in [-0.1, -0.05) is 13.0 Å². The molecule has 0 saturated carbocycles. The Morgan fingerprint density at radius 2 is 2.20 bits per heavy atom. The zero-order chi connectivity index (χ0) is 10.8. The van der Waals surface area contributed by atoms with Crippen LogP contribution in [0.3, 0.4) is 0 Å². The van der Waals surface area contributed by atoms with Gasteiger partial charge in [0.05, 0.1) is 0 Å². The van der Waals surface area contributed by atoms with Gasteiger partial charge in [0.2, 0.25) is 0 Å². The highest BCUT2D eigenvalue weighted by atomic mass is 19.1. The van der Waals surface area contributed by atoms with Gasteiger partial charge in [-0.2, -0.15) is 5.10 Å². The van der Waals surface area contributed by atoms with Crippen molar-refractivity contribution in [1.29, 1.82) is 0 Å². The Bertz CT molecular complexity index is 476. The topological polar surface area (TPSA) is 43.8 Å². The van der Waals surface area contributed by atoms with Gasteiger partial charge in [0.15, 0.2) is 0 Å². The molecule has 0 saturated heterocycles. The molecule has 0 unspecified atom stereocenters. The highest BCUT2D eigenvalue weighted by Gasteiger charge is 2.05. The second-order valence-electron chi connectivity index (χ2n) is 3.32. The number of halogens is 1. The maximum Gasteiger partial charge on any atom is 0.149 e. The van der Waals surface area contributed by atoms with Crippen LogP contribution in [0, 0.1) is 5.82 Å². The molecule has 0 aliphatic carbocycles. The van der Waals surface area contributed by atoms with Crippen LogP contribution in [0.1, 0.15) is 12.5 Å². The number of aromatic nitrogens is 2. The fourth-order valence-corrected chi connectivity index (χ4v) is 1.43. The first-order valence-electron chi connectivity index (χ1n) is 4.80. The summed E-state index contributed by atoms with van der Waals surface area (Å²) in [6.45, 7) is 1.99. The monoisotopic (exact) mass is 205 g/mol. The lowest BCUT2D eigenvalue weighted by Crippen LogP contribution is -2.00. The van der Waals surface area contributed by atoms with Crippen LogP contribution in [0.2, 0.25) is 0 Å². The van der Waals surface area contributed by atoms with Gasteiger partial charge in [0.25, 0.3) is 0 Å². The van der Waals surface area contributed by atoms with E-state index in [9.17, 15) is 4.39 Å². The minimum Gasteiger partial charge on any atom is -0.382 e. The van der Waals surface area contributed by atoms with E-state index in [1.54, 1.807) is 18.3 Å². The van der Waals surface area contributed by atoms with Crippen molar-refractivity contribution in [3.8, 4) is 5.69 Å². The summed E-state index contributed by atoms with van der Waals surface area (Å²) >= 11 is 0. The summed E-state index contributed by atoms with van der Waals surface area (Å²) in [7, 11) is 0. The van der Waals surface area contributed by atoms with Gasteiger partial charge in [0.1, 0.15) is 17.3 Å². The van der Waals surface area contributed by atoms with Crippen LogP contribution in [0.4, 0.5) is 10.2 Å². The van der Waals surface area contributed by atoms with Gasteiger partial charge >= 0.3 is 0 Å². The van der Waals surface area contributed by atoms with Crippen molar-refractivity contribution in [3.63, 3.8) is 0 Å². The molecule has 0 aliphatic heterocycles. The average Bonchev–Trinajstić information content (AvgIpc) is 2.64. The molecule has 1 heterocycles. The third kappa shape index (κ3) is 1.83. The molecule has 0 aliphatic rings. The number of benzene rings is 1. The summed E-state index contributed by atoms with van der Waals surface area (Å²) in [4.78, 5) is 0. The second kappa shape index (κ2) is 3.73. The quantitative estimate of drug-likeness (QED) is 0.816. The molecule has 1 aromatic heterocycles. The first kappa shape index (κ1) is 9.71. The third-order valence-corrected chi connectivity index (χ3v) is 2.28. The lowest BCUT2D eigenvalue weighted by Gasteiger charge is -2.04. The van der Waals surface area contributed by atoms with E-state index < -0.39 is 0 Å². The smallest absolute Gasteiger partial charge is 0.149 e. The third-order valence-electron chi connectivity index (χ3n) is 2.28. The lowest BCUT2D eigenvalue weighted by atomic mass is 10.1. The van der Waals surface area contributed by atoms with E-state index in [0.29, 0.717) is 11.5 Å². The van der Waals surface area contributed by atoms with Gasteiger partial charge in [-0.25, -0.2) is 9.07 Å². The van der Waals surface area contributed by atoms with Crippen LogP contribution >= 0.6 is 0 Å². The van der Waals surface area contributed by atoms with E-state index in [1.165, 1.54) is 10.7 Å². The van der Waals surface area contributed by atoms with Gasteiger partial charge in [-0.15, -0.1) is 0 Å². The van der Waals surface area contributed by atoms with E-state index in [2.05, 4.69) is 5.10 Å². The lowest BCUT2D eigenvalue weighted by molar-refractivity contribution is 0.609. The molecular formula is C11H12FN3.